The molecule has 0 radical (unpaired) electrons. The second-order valence-electron chi connectivity index (χ2n) is 5.48. The lowest BCUT2D eigenvalue weighted by Crippen LogP contribution is -1.98. The fourth-order valence-corrected chi connectivity index (χ4v) is 3.21. The fraction of sp³-hybridized carbons (Fsp3) is 0.100. The Morgan fingerprint density at radius 1 is 1.30 bits per heavy atom. The molecule has 0 unspecified atom stereocenters. The van der Waals surface area contributed by atoms with E-state index in [2.05, 4.69) is 16.5 Å². The number of fused-ring (bicyclic) bond motifs is 1. The first-order valence-electron chi connectivity index (χ1n) is 8.10. The van der Waals surface area contributed by atoms with Gasteiger partial charge in [-0.25, -0.2) is 9.78 Å². The van der Waals surface area contributed by atoms with Gasteiger partial charge in [0, 0.05) is 0 Å². The molecule has 0 bridgehead atoms. The van der Waals surface area contributed by atoms with Crippen molar-refractivity contribution in [1.29, 1.82) is 0 Å². The van der Waals surface area contributed by atoms with E-state index in [-0.39, 0.29) is 4.91 Å². The molecule has 6 nitrogen and oxygen atoms in total. The predicted octanol–water partition coefficient (Wildman–Crippen LogP) is 4.35. The molecule has 1 heterocycles. The van der Waals surface area contributed by atoms with Crippen LogP contribution in [0.4, 0.5) is 0 Å². The van der Waals surface area contributed by atoms with E-state index in [0.29, 0.717) is 28.8 Å². The smallest absolute Gasteiger partial charge is 0.342 e. The van der Waals surface area contributed by atoms with Gasteiger partial charge in [-0.1, -0.05) is 30.9 Å². The van der Waals surface area contributed by atoms with Crippen LogP contribution in [-0.4, -0.2) is 34.8 Å². The maximum Gasteiger partial charge on any atom is 0.342 e. The topological polar surface area (TPSA) is 84.4 Å². The number of carbonyl (C=O) groups is 1. The molecule has 0 saturated heterocycles. The molecule has 0 spiro atoms. The van der Waals surface area contributed by atoms with Crippen molar-refractivity contribution in [2.24, 2.45) is 0 Å². The summed E-state index contributed by atoms with van der Waals surface area (Å²) in [5, 5.41) is 10.1. The van der Waals surface area contributed by atoms with Gasteiger partial charge in [0.25, 0.3) is 0 Å². The number of carboxylic acids is 1. The number of hydrogen-bond acceptors (Lipinski definition) is 5. The molecule has 2 aromatic carbocycles. The predicted molar refractivity (Wildman–Crippen MR) is 106 cm³/mol. The number of nitrogens with zero attached hydrogens (tertiary/aromatic N) is 1. The third-order valence-electron chi connectivity index (χ3n) is 3.63. The Hall–Kier alpha value is -3.19. The molecule has 0 fully saturated rings. The number of para-hydroxylation sites is 2. The molecular formula is C20H18N2O4S. The molecule has 2 N–H and O–H groups in total. The lowest BCUT2D eigenvalue weighted by Gasteiger charge is -2.10. The number of ether oxygens (including phenoxy) is 2. The summed E-state index contributed by atoms with van der Waals surface area (Å²) in [6, 6.07) is 12.8. The summed E-state index contributed by atoms with van der Waals surface area (Å²) in [5.74, 6) is 0.0480. The Kier molecular flexibility index (Phi) is 5.83. The zero-order chi connectivity index (χ0) is 19.2. The van der Waals surface area contributed by atoms with Crippen molar-refractivity contribution in [3.8, 4) is 11.5 Å². The van der Waals surface area contributed by atoms with Gasteiger partial charge in [-0.3, -0.25) is 0 Å². The van der Waals surface area contributed by atoms with Crippen LogP contribution in [0.3, 0.4) is 0 Å². The molecule has 0 aliphatic rings. The monoisotopic (exact) mass is 382 g/mol. The van der Waals surface area contributed by atoms with Crippen molar-refractivity contribution >= 4 is 34.8 Å². The van der Waals surface area contributed by atoms with E-state index in [1.807, 2.05) is 24.3 Å². The summed E-state index contributed by atoms with van der Waals surface area (Å²) in [6.07, 6.45) is 3.21. The van der Waals surface area contributed by atoms with Gasteiger partial charge in [-0.15, -0.1) is 0 Å². The first-order chi connectivity index (χ1) is 13.1. The average Bonchev–Trinajstić information content (AvgIpc) is 3.08. The summed E-state index contributed by atoms with van der Waals surface area (Å²) in [6.45, 7) is 3.97. The van der Waals surface area contributed by atoms with Crippen LogP contribution in [0.5, 0.6) is 11.5 Å². The van der Waals surface area contributed by atoms with Crippen molar-refractivity contribution in [1.82, 2.24) is 9.97 Å². The van der Waals surface area contributed by atoms with Gasteiger partial charge >= 0.3 is 5.97 Å². The largest absolute Gasteiger partial charge is 0.493 e. The number of aromatic amines is 1. The molecule has 7 heteroatoms. The van der Waals surface area contributed by atoms with E-state index >= 15 is 0 Å². The molecule has 0 aliphatic carbocycles. The summed E-state index contributed by atoms with van der Waals surface area (Å²) < 4.78 is 10.8. The van der Waals surface area contributed by atoms with Crippen molar-refractivity contribution in [3.05, 3.63) is 65.6 Å². The normalized spacial score (nSPS) is 11.4. The van der Waals surface area contributed by atoms with E-state index in [1.165, 1.54) is 7.11 Å². The molecular weight excluding hydrogens is 364 g/mol. The Bertz CT molecular complexity index is 977. The highest BCUT2D eigenvalue weighted by molar-refractivity contribution is 8.04. The lowest BCUT2D eigenvalue weighted by atomic mass is 10.2. The number of H-pyrrole nitrogens is 1. The Labute approximate surface area is 160 Å². The van der Waals surface area contributed by atoms with Crippen molar-refractivity contribution in [3.63, 3.8) is 0 Å². The summed E-state index contributed by atoms with van der Waals surface area (Å²) in [7, 11) is 1.53. The highest BCUT2D eigenvalue weighted by Gasteiger charge is 2.14. The van der Waals surface area contributed by atoms with Crippen LogP contribution < -0.4 is 9.47 Å². The van der Waals surface area contributed by atoms with Crippen molar-refractivity contribution in [2.75, 3.05) is 13.7 Å². The third-order valence-corrected chi connectivity index (χ3v) is 4.53. The number of aliphatic carboxylic acids is 1. The molecule has 1 aromatic heterocycles. The van der Waals surface area contributed by atoms with Crippen LogP contribution in [0.15, 0.2) is 65.2 Å². The first kappa shape index (κ1) is 18.6. The number of thioether (sulfide) groups is 1. The molecule has 138 valence electrons. The molecule has 3 aromatic rings. The van der Waals surface area contributed by atoms with Gasteiger partial charge in [0.05, 0.1) is 18.1 Å². The number of imidazole rings is 1. The molecule has 0 aliphatic heterocycles. The molecule has 3 rings (SSSR count). The number of nitrogens with one attached hydrogen (secondary N) is 1. The van der Waals surface area contributed by atoms with Crippen molar-refractivity contribution < 1.29 is 19.4 Å². The van der Waals surface area contributed by atoms with E-state index in [0.717, 1.165) is 22.8 Å². The Balaban J connectivity index is 1.88. The van der Waals surface area contributed by atoms with Gasteiger partial charge in [0.1, 0.15) is 11.5 Å². The minimum atomic E-state index is -1.04. The number of benzene rings is 2. The summed E-state index contributed by atoms with van der Waals surface area (Å²) in [5.41, 5.74) is 2.32. The zero-order valence-corrected chi connectivity index (χ0v) is 15.5. The summed E-state index contributed by atoms with van der Waals surface area (Å²) in [4.78, 5) is 19.3. The van der Waals surface area contributed by atoms with Gasteiger partial charge in [-0.2, -0.15) is 0 Å². The Morgan fingerprint density at radius 3 is 2.81 bits per heavy atom. The highest BCUT2D eigenvalue weighted by atomic mass is 32.2. The second kappa shape index (κ2) is 8.46. The average molecular weight is 382 g/mol. The maximum atomic E-state index is 11.7. The lowest BCUT2D eigenvalue weighted by molar-refractivity contribution is -0.131. The number of methoxy groups -OCH3 is 1. The van der Waals surface area contributed by atoms with Crippen LogP contribution in [0.1, 0.15) is 5.56 Å². The van der Waals surface area contributed by atoms with Crippen LogP contribution >= 0.6 is 11.8 Å². The zero-order valence-electron chi connectivity index (χ0n) is 14.6. The van der Waals surface area contributed by atoms with Crippen LogP contribution in [0, 0.1) is 0 Å². The van der Waals surface area contributed by atoms with Crippen LogP contribution in [0.2, 0.25) is 0 Å². The quantitative estimate of drug-likeness (QED) is 0.342. The van der Waals surface area contributed by atoms with Crippen LogP contribution in [-0.2, 0) is 4.79 Å². The third kappa shape index (κ3) is 4.51. The number of rotatable bonds is 8. The standard InChI is InChI=1S/C20H18N2O4S/c1-3-10-26-16-9-8-13(11-17(16)25-2)12-18(19(23)24)27-20-21-14-6-4-5-7-15(14)22-20/h3-9,11-12H,1,10H2,2H3,(H,21,22)(H,23,24)/b18-12-. The van der Waals surface area contributed by atoms with E-state index in [1.54, 1.807) is 30.4 Å². The second-order valence-corrected chi connectivity index (χ2v) is 6.52. The fourth-order valence-electron chi connectivity index (χ4n) is 2.41. The number of carboxylic acid groups (broad SMARTS) is 1. The van der Waals surface area contributed by atoms with Gasteiger partial charge < -0.3 is 19.6 Å². The molecule has 0 saturated carbocycles. The Morgan fingerprint density at radius 2 is 2.11 bits per heavy atom. The van der Waals surface area contributed by atoms with E-state index in [9.17, 15) is 9.90 Å². The van der Waals surface area contributed by atoms with E-state index < -0.39 is 5.97 Å². The SMILES string of the molecule is C=CCOc1ccc(/C=C(\Sc2nc3ccccc3[nH]2)C(=O)O)cc1OC. The maximum absolute atomic E-state index is 11.7. The molecule has 0 atom stereocenters. The van der Waals surface area contributed by atoms with Gasteiger partial charge in [-0.05, 0) is 47.7 Å². The molecule has 0 amide bonds. The van der Waals surface area contributed by atoms with Crippen LogP contribution in [0.25, 0.3) is 17.1 Å². The van der Waals surface area contributed by atoms with E-state index in [4.69, 9.17) is 9.47 Å². The van der Waals surface area contributed by atoms with Gasteiger partial charge in [0.2, 0.25) is 0 Å². The highest BCUT2D eigenvalue weighted by Crippen LogP contribution is 2.32. The van der Waals surface area contributed by atoms with Gasteiger partial charge in [0.15, 0.2) is 16.7 Å². The molecule has 27 heavy (non-hydrogen) atoms. The van der Waals surface area contributed by atoms with Crippen molar-refractivity contribution in [2.45, 2.75) is 5.16 Å². The summed E-state index contributed by atoms with van der Waals surface area (Å²) >= 11 is 1.06. The minimum absolute atomic E-state index is 0.135. The minimum Gasteiger partial charge on any atom is -0.493 e. The number of aromatic nitrogens is 2. The first-order valence-corrected chi connectivity index (χ1v) is 8.91. The number of hydrogen-bond donors (Lipinski definition) is 2.